The molecule has 0 bridgehead atoms. The molecule has 0 saturated carbocycles. The summed E-state index contributed by atoms with van der Waals surface area (Å²) in [5, 5.41) is 3.95. The van der Waals surface area contributed by atoms with Gasteiger partial charge in [-0.2, -0.15) is 0 Å². The average molecular weight is 519 g/mol. The molecule has 1 unspecified atom stereocenters. The second-order valence-corrected chi connectivity index (χ2v) is 10.1. The third kappa shape index (κ3) is 5.93. The highest BCUT2D eigenvalue weighted by molar-refractivity contribution is 5.98. The Kier molecular flexibility index (Phi) is 9.55. The van der Waals surface area contributed by atoms with Crippen molar-refractivity contribution < 1.29 is 14.3 Å². The van der Waals surface area contributed by atoms with Crippen LogP contribution in [0, 0.1) is 12.8 Å². The number of ether oxygens (including phenoxy) is 1. The summed E-state index contributed by atoms with van der Waals surface area (Å²) in [7, 11) is 0. The number of morpholine rings is 1. The highest BCUT2D eigenvalue weighted by Crippen LogP contribution is 2.22. The van der Waals surface area contributed by atoms with Crippen molar-refractivity contribution in [3.05, 3.63) is 45.7 Å². The van der Waals surface area contributed by atoms with Crippen molar-refractivity contribution in [1.29, 1.82) is 0 Å². The SMILES string of the molecule is Cc1cccc2c1cc(C(=O)NCC1CCN(C(C)C(=O)N3CCOCC3)CC1)c(=O)n2C(C)C.Cl. The van der Waals surface area contributed by atoms with Gasteiger partial charge in [-0.3, -0.25) is 19.3 Å². The van der Waals surface area contributed by atoms with Crippen molar-refractivity contribution >= 4 is 35.1 Å². The third-order valence-corrected chi connectivity index (χ3v) is 7.49. The molecule has 2 saturated heterocycles. The molecule has 2 fully saturated rings. The van der Waals surface area contributed by atoms with E-state index in [0.717, 1.165) is 42.4 Å². The van der Waals surface area contributed by atoms with Gasteiger partial charge in [0.15, 0.2) is 0 Å². The van der Waals surface area contributed by atoms with Crippen molar-refractivity contribution in [2.24, 2.45) is 5.92 Å². The molecule has 36 heavy (non-hydrogen) atoms. The van der Waals surface area contributed by atoms with Crippen molar-refractivity contribution in [2.45, 2.75) is 52.6 Å². The van der Waals surface area contributed by atoms with Crippen LogP contribution in [0.4, 0.5) is 0 Å². The predicted molar refractivity (Wildman–Crippen MR) is 144 cm³/mol. The van der Waals surface area contributed by atoms with E-state index in [2.05, 4.69) is 10.2 Å². The number of benzene rings is 1. The quantitative estimate of drug-likeness (QED) is 0.635. The van der Waals surface area contributed by atoms with Crippen LogP contribution >= 0.6 is 12.4 Å². The number of likely N-dealkylation sites (tertiary alicyclic amines) is 1. The number of piperidine rings is 1. The van der Waals surface area contributed by atoms with Crippen molar-refractivity contribution in [3.8, 4) is 0 Å². The number of amides is 2. The van der Waals surface area contributed by atoms with Crippen LogP contribution in [0.5, 0.6) is 0 Å². The number of aryl methyl sites for hydroxylation is 1. The average Bonchev–Trinajstić information content (AvgIpc) is 2.87. The number of halogens is 1. The highest BCUT2D eigenvalue weighted by atomic mass is 35.5. The summed E-state index contributed by atoms with van der Waals surface area (Å²) in [4.78, 5) is 43.2. The largest absolute Gasteiger partial charge is 0.378 e. The molecule has 0 radical (unpaired) electrons. The van der Waals surface area contributed by atoms with Gasteiger partial charge in [-0.15, -0.1) is 12.4 Å². The lowest BCUT2D eigenvalue weighted by Gasteiger charge is -2.38. The van der Waals surface area contributed by atoms with E-state index in [0.29, 0.717) is 38.8 Å². The first kappa shape index (κ1) is 28.2. The molecule has 3 heterocycles. The summed E-state index contributed by atoms with van der Waals surface area (Å²) in [6.07, 6.45) is 1.82. The standard InChI is InChI=1S/C27H38N4O4.ClH/c1-18(2)31-24-7-5-6-19(3)22(24)16-23(27(31)34)25(32)28-17-21-8-10-29(11-9-21)20(4)26(33)30-12-14-35-15-13-30;/h5-7,16,18,20-21H,8-15,17H2,1-4H3,(H,28,32);1H. The highest BCUT2D eigenvalue weighted by Gasteiger charge is 2.30. The lowest BCUT2D eigenvalue weighted by molar-refractivity contribution is -0.141. The topological polar surface area (TPSA) is 83.9 Å². The summed E-state index contributed by atoms with van der Waals surface area (Å²) in [6, 6.07) is 7.42. The first-order valence-corrected chi connectivity index (χ1v) is 12.8. The molecule has 198 valence electrons. The van der Waals surface area contributed by atoms with Gasteiger partial charge in [0.05, 0.1) is 24.8 Å². The molecule has 8 nitrogen and oxygen atoms in total. The van der Waals surface area contributed by atoms with Crippen LogP contribution in [0.1, 0.15) is 55.6 Å². The zero-order valence-electron chi connectivity index (χ0n) is 21.8. The van der Waals surface area contributed by atoms with Crippen LogP contribution in [-0.2, 0) is 9.53 Å². The maximum absolute atomic E-state index is 13.2. The lowest BCUT2D eigenvalue weighted by Crippen LogP contribution is -2.52. The number of carbonyl (C=O) groups is 2. The van der Waals surface area contributed by atoms with Crippen LogP contribution in [0.2, 0.25) is 0 Å². The number of fused-ring (bicyclic) bond motifs is 1. The molecular weight excluding hydrogens is 480 g/mol. The number of nitrogens with zero attached hydrogens (tertiary/aromatic N) is 3. The zero-order valence-corrected chi connectivity index (χ0v) is 22.6. The number of aromatic nitrogens is 1. The van der Waals surface area contributed by atoms with Crippen molar-refractivity contribution in [1.82, 2.24) is 19.7 Å². The maximum Gasteiger partial charge on any atom is 0.264 e. The van der Waals surface area contributed by atoms with E-state index < -0.39 is 0 Å². The van der Waals surface area contributed by atoms with E-state index in [1.165, 1.54) is 0 Å². The van der Waals surface area contributed by atoms with Crippen LogP contribution in [0.25, 0.3) is 10.9 Å². The molecule has 1 aromatic carbocycles. The molecule has 1 N–H and O–H groups in total. The maximum atomic E-state index is 13.2. The Labute approximate surface area is 219 Å². The first-order valence-electron chi connectivity index (χ1n) is 12.8. The Morgan fingerprint density at radius 3 is 2.39 bits per heavy atom. The number of pyridine rings is 1. The smallest absolute Gasteiger partial charge is 0.264 e. The van der Waals surface area contributed by atoms with Crippen LogP contribution < -0.4 is 10.9 Å². The van der Waals surface area contributed by atoms with Gasteiger partial charge >= 0.3 is 0 Å². The molecule has 9 heteroatoms. The summed E-state index contributed by atoms with van der Waals surface area (Å²) < 4.78 is 7.07. The molecule has 2 aromatic rings. The minimum atomic E-state index is -0.312. The minimum absolute atomic E-state index is 0. The molecule has 2 aliphatic rings. The first-order chi connectivity index (χ1) is 16.8. The summed E-state index contributed by atoms with van der Waals surface area (Å²) >= 11 is 0. The van der Waals surface area contributed by atoms with Crippen LogP contribution in [0.3, 0.4) is 0 Å². The molecule has 2 amide bonds. The van der Waals surface area contributed by atoms with Crippen LogP contribution in [0.15, 0.2) is 29.1 Å². The monoisotopic (exact) mass is 518 g/mol. The number of carbonyl (C=O) groups excluding carboxylic acids is 2. The second kappa shape index (κ2) is 12.2. The van der Waals surface area contributed by atoms with Crippen molar-refractivity contribution in [3.63, 3.8) is 0 Å². The summed E-state index contributed by atoms with van der Waals surface area (Å²) in [5.41, 5.74) is 1.84. The second-order valence-electron chi connectivity index (χ2n) is 10.1. The Bertz CT molecular complexity index is 1130. The fourth-order valence-electron chi connectivity index (χ4n) is 5.26. The van der Waals surface area contributed by atoms with Crippen molar-refractivity contribution in [2.75, 3.05) is 45.9 Å². The fraction of sp³-hybridized carbons (Fsp3) is 0.593. The molecule has 0 spiro atoms. The number of rotatable bonds is 6. The molecule has 2 aliphatic heterocycles. The number of nitrogens with one attached hydrogen (secondary N) is 1. The molecule has 0 aliphatic carbocycles. The Morgan fingerprint density at radius 2 is 1.75 bits per heavy atom. The number of hydrogen-bond donors (Lipinski definition) is 1. The van der Waals surface area contributed by atoms with E-state index in [4.69, 9.17) is 4.74 Å². The molecule has 1 atom stereocenters. The van der Waals surface area contributed by atoms with Gasteiger partial charge in [0, 0.05) is 31.1 Å². The Morgan fingerprint density at radius 1 is 1.08 bits per heavy atom. The van der Waals surface area contributed by atoms with Gasteiger partial charge in [0.1, 0.15) is 5.56 Å². The van der Waals surface area contributed by atoms with Gasteiger partial charge in [0.25, 0.3) is 11.5 Å². The predicted octanol–water partition coefficient (Wildman–Crippen LogP) is 3.00. The normalized spacial score (nSPS) is 18.2. The third-order valence-electron chi connectivity index (χ3n) is 7.49. The van der Waals surface area contributed by atoms with Gasteiger partial charge in [-0.1, -0.05) is 12.1 Å². The molecular formula is C27H39ClN4O4. The lowest BCUT2D eigenvalue weighted by atomic mass is 9.95. The summed E-state index contributed by atoms with van der Waals surface area (Å²) in [6.45, 7) is 12.6. The van der Waals surface area contributed by atoms with E-state index >= 15 is 0 Å². The van der Waals surface area contributed by atoms with Gasteiger partial charge < -0.3 is 19.5 Å². The Balaban J connectivity index is 0.00000361. The van der Waals surface area contributed by atoms with Crippen LogP contribution in [-0.4, -0.2) is 78.2 Å². The van der Waals surface area contributed by atoms with E-state index in [-0.39, 0.29) is 47.4 Å². The molecule has 4 rings (SSSR count). The van der Waals surface area contributed by atoms with Gasteiger partial charge in [0.2, 0.25) is 5.91 Å². The summed E-state index contributed by atoms with van der Waals surface area (Å²) in [5.74, 6) is 0.191. The molecule has 1 aromatic heterocycles. The van der Waals surface area contributed by atoms with Gasteiger partial charge in [-0.05, 0) is 77.2 Å². The van der Waals surface area contributed by atoms with Gasteiger partial charge in [-0.25, -0.2) is 0 Å². The van der Waals surface area contributed by atoms with E-state index in [9.17, 15) is 14.4 Å². The van der Waals surface area contributed by atoms with E-state index in [1.807, 2.05) is 50.8 Å². The zero-order chi connectivity index (χ0) is 25.1. The Hall–Kier alpha value is -2.42. The van der Waals surface area contributed by atoms with E-state index in [1.54, 1.807) is 10.6 Å². The fourth-order valence-corrected chi connectivity index (χ4v) is 5.26. The number of hydrogen-bond acceptors (Lipinski definition) is 5. The minimum Gasteiger partial charge on any atom is -0.378 e.